The van der Waals surface area contributed by atoms with Crippen LogP contribution in [0.4, 0.5) is 4.79 Å². The van der Waals surface area contributed by atoms with Gasteiger partial charge < -0.3 is 38.5 Å². The van der Waals surface area contributed by atoms with Gasteiger partial charge in [-0.1, -0.05) is 121 Å². The van der Waals surface area contributed by atoms with Crippen molar-refractivity contribution >= 4 is 12.1 Å². The largest absolute Gasteiger partial charge is 0.467 e. The predicted molar refractivity (Wildman–Crippen MR) is 195 cm³/mol. The van der Waals surface area contributed by atoms with E-state index < -0.39 is 54.2 Å². The smallest absolute Gasteiger partial charge is 0.408 e. The van der Waals surface area contributed by atoms with Gasteiger partial charge in [0, 0.05) is 0 Å². The van der Waals surface area contributed by atoms with Gasteiger partial charge in [0.25, 0.3) is 0 Å². The van der Waals surface area contributed by atoms with E-state index in [-0.39, 0.29) is 26.4 Å². The molecule has 52 heavy (non-hydrogen) atoms. The van der Waals surface area contributed by atoms with Crippen molar-refractivity contribution in [3.05, 3.63) is 144 Å². The van der Waals surface area contributed by atoms with Gasteiger partial charge in [-0.3, -0.25) is 0 Å². The summed E-state index contributed by atoms with van der Waals surface area (Å²) in [6.07, 6.45) is -5.14. The standard InChI is InChI=1S/C42H49NO9/c1-42(2,3)52-41(45)43-35(40(44)46-4)37-39(50-28-33-23-15-8-16-24-33)38(49-27-32-21-13-7-14-22-32)36(48-26-31-19-11-6-12-20-31)34(51-37)29-47-25-30-17-9-5-10-18-30/h5-24,34-39H,25-29H2,1-4H3,(H,43,45)/t34-,35-,36+,37+,38+,39+/m1/s1. The fraction of sp³-hybridized carbons (Fsp3) is 0.381. The quantitative estimate of drug-likeness (QED) is 0.126. The fourth-order valence-corrected chi connectivity index (χ4v) is 5.93. The molecule has 276 valence electrons. The molecule has 1 saturated heterocycles. The van der Waals surface area contributed by atoms with Crippen LogP contribution in [0, 0.1) is 0 Å². The molecule has 6 atom stereocenters. The van der Waals surface area contributed by atoms with Crippen LogP contribution in [0.2, 0.25) is 0 Å². The summed E-state index contributed by atoms with van der Waals surface area (Å²) in [5.41, 5.74) is 2.94. The number of hydrogen-bond acceptors (Lipinski definition) is 9. The maximum atomic E-state index is 13.6. The van der Waals surface area contributed by atoms with E-state index in [1.165, 1.54) is 7.11 Å². The summed E-state index contributed by atoms with van der Waals surface area (Å²) in [4.78, 5) is 26.8. The second kappa shape index (κ2) is 19.3. The molecule has 1 amide bonds. The van der Waals surface area contributed by atoms with E-state index in [2.05, 4.69) is 5.32 Å². The van der Waals surface area contributed by atoms with Crippen LogP contribution in [0.3, 0.4) is 0 Å². The number of amides is 1. The lowest BCUT2D eigenvalue weighted by Crippen LogP contribution is -2.67. The summed E-state index contributed by atoms with van der Waals surface area (Å²) >= 11 is 0. The van der Waals surface area contributed by atoms with Crippen molar-refractivity contribution < 1.29 is 42.7 Å². The minimum Gasteiger partial charge on any atom is -0.467 e. The molecule has 1 N–H and O–H groups in total. The highest BCUT2D eigenvalue weighted by atomic mass is 16.6. The lowest BCUT2D eigenvalue weighted by molar-refractivity contribution is -0.276. The van der Waals surface area contributed by atoms with E-state index in [4.69, 9.17) is 33.2 Å². The van der Waals surface area contributed by atoms with E-state index in [1.807, 2.05) is 121 Å². The molecule has 0 saturated carbocycles. The summed E-state index contributed by atoms with van der Waals surface area (Å²) in [7, 11) is 1.25. The van der Waals surface area contributed by atoms with Gasteiger partial charge in [-0.25, -0.2) is 9.59 Å². The molecule has 5 rings (SSSR count). The van der Waals surface area contributed by atoms with E-state index in [9.17, 15) is 9.59 Å². The molecular formula is C42H49NO9. The van der Waals surface area contributed by atoms with Crippen LogP contribution in [-0.4, -0.2) is 67.9 Å². The van der Waals surface area contributed by atoms with E-state index in [0.29, 0.717) is 6.61 Å². The molecule has 10 heteroatoms. The Hall–Kier alpha value is -4.58. The molecular weight excluding hydrogens is 662 g/mol. The highest BCUT2D eigenvalue weighted by molar-refractivity contribution is 5.82. The average molecular weight is 712 g/mol. The van der Waals surface area contributed by atoms with Crippen molar-refractivity contribution in [1.29, 1.82) is 0 Å². The summed E-state index contributed by atoms with van der Waals surface area (Å²) in [5, 5.41) is 2.71. The summed E-state index contributed by atoms with van der Waals surface area (Å²) in [5.74, 6) is -0.737. The van der Waals surface area contributed by atoms with Crippen molar-refractivity contribution in [2.24, 2.45) is 0 Å². The van der Waals surface area contributed by atoms with Gasteiger partial charge in [0.1, 0.15) is 36.1 Å². The third-order valence-electron chi connectivity index (χ3n) is 8.38. The fourth-order valence-electron chi connectivity index (χ4n) is 5.93. The van der Waals surface area contributed by atoms with Gasteiger partial charge >= 0.3 is 12.1 Å². The normalized spacial score (nSPS) is 20.8. The molecule has 0 spiro atoms. The summed E-state index contributed by atoms with van der Waals surface area (Å²) in [6, 6.07) is 37.7. The summed E-state index contributed by atoms with van der Waals surface area (Å²) < 4.78 is 44.0. The van der Waals surface area contributed by atoms with E-state index in [1.54, 1.807) is 20.8 Å². The molecule has 1 aliphatic rings. The first kappa shape index (κ1) is 38.6. The Morgan fingerprint density at radius 2 is 1.06 bits per heavy atom. The van der Waals surface area contributed by atoms with Crippen molar-refractivity contribution in [3.8, 4) is 0 Å². The van der Waals surface area contributed by atoms with E-state index in [0.717, 1.165) is 22.3 Å². The van der Waals surface area contributed by atoms with E-state index >= 15 is 0 Å². The highest BCUT2D eigenvalue weighted by Crippen LogP contribution is 2.33. The Kier molecular flexibility index (Phi) is 14.4. The van der Waals surface area contributed by atoms with Gasteiger partial charge in [-0.15, -0.1) is 0 Å². The monoisotopic (exact) mass is 711 g/mol. The number of nitrogens with one attached hydrogen (secondary N) is 1. The second-order valence-corrected chi connectivity index (χ2v) is 13.6. The number of ether oxygens (including phenoxy) is 7. The first-order valence-corrected chi connectivity index (χ1v) is 17.5. The van der Waals surface area contributed by atoms with Crippen LogP contribution in [0.25, 0.3) is 0 Å². The minimum absolute atomic E-state index is 0.0851. The van der Waals surface area contributed by atoms with Gasteiger partial charge in [0.15, 0.2) is 6.04 Å². The number of carbonyl (C=O) groups excluding carboxylic acids is 2. The number of methoxy groups -OCH3 is 1. The number of hydrogen-bond donors (Lipinski definition) is 1. The molecule has 10 nitrogen and oxygen atoms in total. The SMILES string of the molecule is COC(=O)[C@H](NC(=O)OC(C)(C)C)[C@@H]1O[C@H](COCc2ccccc2)[C@H](OCc2ccccc2)[C@H](OCc2ccccc2)[C@H]1OCc1ccccc1. The molecule has 0 radical (unpaired) electrons. The van der Waals surface area contributed by atoms with Crippen LogP contribution < -0.4 is 5.32 Å². The predicted octanol–water partition coefficient (Wildman–Crippen LogP) is 6.79. The number of esters is 1. The number of benzene rings is 4. The second-order valence-electron chi connectivity index (χ2n) is 13.6. The van der Waals surface area contributed by atoms with Crippen molar-refractivity contribution in [1.82, 2.24) is 5.32 Å². The Morgan fingerprint density at radius 1 is 0.635 bits per heavy atom. The zero-order valence-electron chi connectivity index (χ0n) is 30.2. The Labute approximate surface area is 306 Å². The Balaban J connectivity index is 1.54. The van der Waals surface area contributed by atoms with Gasteiger partial charge in [0.2, 0.25) is 0 Å². The van der Waals surface area contributed by atoms with Crippen LogP contribution in [0.1, 0.15) is 43.0 Å². The topological polar surface area (TPSA) is 111 Å². The van der Waals surface area contributed by atoms with Crippen LogP contribution in [0.15, 0.2) is 121 Å². The number of rotatable bonds is 16. The van der Waals surface area contributed by atoms with Crippen LogP contribution in [0.5, 0.6) is 0 Å². The van der Waals surface area contributed by atoms with Gasteiger partial charge in [0.05, 0.1) is 40.1 Å². The molecule has 0 unspecified atom stereocenters. The summed E-state index contributed by atoms with van der Waals surface area (Å²) in [6.45, 7) is 6.26. The number of carbonyl (C=O) groups is 2. The maximum absolute atomic E-state index is 13.6. The maximum Gasteiger partial charge on any atom is 0.408 e. The molecule has 1 heterocycles. The van der Waals surface area contributed by atoms with Crippen molar-refractivity contribution in [3.63, 3.8) is 0 Å². The zero-order valence-corrected chi connectivity index (χ0v) is 30.2. The zero-order chi connectivity index (χ0) is 36.8. The Bertz CT molecular complexity index is 1630. The van der Waals surface area contributed by atoms with Crippen molar-refractivity contribution in [2.75, 3.05) is 13.7 Å². The van der Waals surface area contributed by atoms with Gasteiger partial charge in [-0.2, -0.15) is 0 Å². The minimum atomic E-state index is -1.34. The highest BCUT2D eigenvalue weighted by Gasteiger charge is 2.53. The third kappa shape index (κ3) is 11.7. The molecule has 1 aliphatic heterocycles. The first-order valence-electron chi connectivity index (χ1n) is 17.5. The first-order chi connectivity index (χ1) is 25.2. The molecule has 0 aliphatic carbocycles. The molecule has 0 aromatic heterocycles. The van der Waals surface area contributed by atoms with Crippen LogP contribution >= 0.6 is 0 Å². The molecule has 1 fully saturated rings. The number of alkyl carbamates (subject to hydrolysis) is 1. The van der Waals surface area contributed by atoms with Crippen molar-refractivity contribution in [2.45, 2.75) is 89.4 Å². The molecule has 4 aromatic rings. The van der Waals surface area contributed by atoms with Gasteiger partial charge in [-0.05, 0) is 43.0 Å². The molecule has 0 bridgehead atoms. The van der Waals surface area contributed by atoms with Crippen LogP contribution in [-0.2, 0) is 64.4 Å². The third-order valence-corrected chi connectivity index (χ3v) is 8.38. The molecule has 4 aromatic carbocycles. The Morgan fingerprint density at radius 3 is 1.50 bits per heavy atom. The lowest BCUT2D eigenvalue weighted by atomic mass is 9.90. The average Bonchev–Trinajstić information content (AvgIpc) is 3.15. The lowest BCUT2D eigenvalue weighted by Gasteiger charge is -2.47.